The second kappa shape index (κ2) is 5.83. The second-order valence-electron chi connectivity index (χ2n) is 5.11. The Bertz CT molecular complexity index is 184. The Morgan fingerprint density at radius 2 is 2.13 bits per heavy atom. The summed E-state index contributed by atoms with van der Waals surface area (Å²) in [5, 5.41) is 0. The molecule has 3 atom stereocenters. The first kappa shape index (κ1) is 12.9. The molecule has 0 bridgehead atoms. The van der Waals surface area contributed by atoms with Crippen molar-refractivity contribution in [1.82, 2.24) is 4.90 Å². The van der Waals surface area contributed by atoms with Crippen LogP contribution in [0.2, 0.25) is 0 Å². The fourth-order valence-electron chi connectivity index (χ4n) is 2.15. The molecule has 0 amide bonds. The van der Waals surface area contributed by atoms with Gasteiger partial charge in [-0.1, -0.05) is 13.8 Å². The first-order valence-corrected chi connectivity index (χ1v) is 6.09. The molecule has 15 heavy (non-hydrogen) atoms. The summed E-state index contributed by atoms with van der Waals surface area (Å²) in [7, 11) is 2.18. The predicted octanol–water partition coefficient (Wildman–Crippen LogP) is 1.47. The van der Waals surface area contributed by atoms with Crippen molar-refractivity contribution in [2.24, 2.45) is 11.7 Å². The summed E-state index contributed by atoms with van der Waals surface area (Å²) in [4.78, 5) is 2.40. The monoisotopic (exact) mass is 214 g/mol. The van der Waals surface area contributed by atoms with E-state index in [1.165, 1.54) is 0 Å². The van der Waals surface area contributed by atoms with Gasteiger partial charge in [-0.3, -0.25) is 0 Å². The molecule has 0 aromatic carbocycles. The second-order valence-corrected chi connectivity index (χ2v) is 5.11. The van der Waals surface area contributed by atoms with Gasteiger partial charge in [0.05, 0.1) is 6.10 Å². The number of hydrogen-bond donors (Lipinski definition) is 1. The van der Waals surface area contributed by atoms with Crippen LogP contribution in [0.25, 0.3) is 0 Å². The van der Waals surface area contributed by atoms with Crippen molar-refractivity contribution in [1.29, 1.82) is 0 Å². The Morgan fingerprint density at radius 3 is 2.60 bits per heavy atom. The zero-order chi connectivity index (χ0) is 11.4. The highest BCUT2D eigenvalue weighted by atomic mass is 16.5. The van der Waals surface area contributed by atoms with Crippen molar-refractivity contribution in [3.63, 3.8) is 0 Å². The topological polar surface area (TPSA) is 38.5 Å². The van der Waals surface area contributed by atoms with E-state index >= 15 is 0 Å². The van der Waals surface area contributed by atoms with Gasteiger partial charge in [0.25, 0.3) is 0 Å². The van der Waals surface area contributed by atoms with E-state index in [1.807, 2.05) is 0 Å². The summed E-state index contributed by atoms with van der Waals surface area (Å²) < 4.78 is 5.57. The Hall–Kier alpha value is -0.120. The van der Waals surface area contributed by atoms with Gasteiger partial charge in [-0.15, -0.1) is 0 Å². The Morgan fingerprint density at radius 1 is 1.47 bits per heavy atom. The molecule has 0 aliphatic carbocycles. The third-order valence-corrected chi connectivity index (χ3v) is 3.57. The van der Waals surface area contributed by atoms with Gasteiger partial charge in [-0.2, -0.15) is 0 Å². The lowest BCUT2D eigenvalue weighted by molar-refractivity contribution is 0.0823. The summed E-state index contributed by atoms with van der Waals surface area (Å²) in [6.45, 7) is 8.53. The minimum atomic E-state index is 0.324. The van der Waals surface area contributed by atoms with Crippen LogP contribution in [0.4, 0.5) is 0 Å². The summed E-state index contributed by atoms with van der Waals surface area (Å²) in [5.41, 5.74) is 6.04. The maximum absolute atomic E-state index is 6.04. The zero-order valence-corrected chi connectivity index (χ0v) is 10.6. The normalized spacial score (nSPS) is 29.0. The van der Waals surface area contributed by atoms with Crippen LogP contribution in [-0.4, -0.2) is 43.3 Å². The number of rotatable bonds is 5. The molecule has 1 rings (SSSR count). The van der Waals surface area contributed by atoms with Crippen LogP contribution in [-0.2, 0) is 4.74 Å². The molecule has 90 valence electrons. The Kier molecular flexibility index (Phi) is 5.03. The maximum atomic E-state index is 6.04. The molecule has 1 aliphatic rings. The zero-order valence-electron chi connectivity index (χ0n) is 10.6. The Labute approximate surface area is 94.0 Å². The molecule has 0 spiro atoms. The van der Waals surface area contributed by atoms with Crippen molar-refractivity contribution in [3.8, 4) is 0 Å². The van der Waals surface area contributed by atoms with Gasteiger partial charge in [-0.05, 0) is 39.3 Å². The average Bonchev–Trinajstić information content (AvgIpc) is 2.60. The maximum Gasteiger partial charge on any atom is 0.0702 e. The molecular formula is C12H26N2O. The van der Waals surface area contributed by atoms with Gasteiger partial charge in [0, 0.05) is 18.7 Å². The van der Waals surface area contributed by atoms with Gasteiger partial charge >= 0.3 is 0 Å². The minimum absolute atomic E-state index is 0.324. The van der Waals surface area contributed by atoms with E-state index in [4.69, 9.17) is 10.5 Å². The third-order valence-electron chi connectivity index (χ3n) is 3.57. The van der Waals surface area contributed by atoms with Crippen LogP contribution in [0.5, 0.6) is 0 Å². The lowest BCUT2D eigenvalue weighted by atomic mass is 10.0. The molecule has 3 heteroatoms. The molecule has 1 saturated heterocycles. The lowest BCUT2D eigenvalue weighted by Crippen LogP contribution is -2.40. The standard InChI is InChI=1S/C12H26N2O/c1-9(2)11(13)5-7-14(4)12-6-8-15-10(12)3/h9-12H,5-8,13H2,1-4H3. The quantitative estimate of drug-likeness (QED) is 0.753. The molecular weight excluding hydrogens is 188 g/mol. The number of hydrogen-bond acceptors (Lipinski definition) is 3. The largest absolute Gasteiger partial charge is 0.377 e. The van der Waals surface area contributed by atoms with Crippen LogP contribution in [0, 0.1) is 5.92 Å². The molecule has 0 aromatic rings. The van der Waals surface area contributed by atoms with Crippen molar-refractivity contribution in [2.75, 3.05) is 20.2 Å². The highest BCUT2D eigenvalue weighted by Crippen LogP contribution is 2.18. The van der Waals surface area contributed by atoms with E-state index in [1.54, 1.807) is 0 Å². The van der Waals surface area contributed by atoms with Crippen LogP contribution in [0.3, 0.4) is 0 Å². The van der Waals surface area contributed by atoms with Gasteiger partial charge in [0.2, 0.25) is 0 Å². The van der Waals surface area contributed by atoms with Crippen LogP contribution >= 0.6 is 0 Å². The van der Waals surface area contributed by atoms with E-state index in [0.29, 0.717) is 24.1 Å². The molecule has 1 fully saturated rings. The van der Waals surface area contributed by atoms with E-state index in [2.05, 4.69) is 32.7 Å². The van der Waals surface area contributed by atoms with E-state index < -0.39 is 0 Å². The predicted molar refractivity (Wildman–Crippen MR) is 63.9 cm³/mol. The van der Waals surface area contributed by atoms with Crippen LogP contribution < -0.4 is 5.73 Å². The summed E-state index contributed by atoms with van der Waals surface area (Å²) in [5.74, 6) is 0.579. The van der Waals surface area contributed by atoms with Crippen molar-refractivity contribution in [2.45, 2.75) is 51.8 Å². The molecule has 1 heterocycles. The fraction of sp³-hybridized carbons (Fsp3) is 1.00. The van der Waals surface area contributed by atoms with Crippen LogP contribution in [0.1, 0.15) is 33.6 Å². The number of likely N-dealkylation sites (N-methyl/N-ethyl adjacent to an activating group) is 1. The van der Waals surface area contributed by atoms with Gasteiger partial charge in [0.15, 0.2) is 0 Å². The summed E-state index contributed by atoms with van der Waals surface area (Å²) in [6.07, 6.45) is 2.62. The summed E-state index contributed by atoms with van der Waals surface area (Å²) >= 11 is 0. The number of ether oxygens (including phenoxy) is 1. The van der Waals surface area contributed by atoms with E-state index in [-0.39, 0.29) is 0 Å². The van der Waals surface area contributed by atoms with E-state index in [0.717, 1.165) is 26.0 Å². The molecule has 0 radical (unpaired) electrons. The smallest absolute Gasteiger partial charge is 0.0702 e. The van der Waals surface area contributed by atoms with Crippen LogP contribution in [0.15, 0.2) is 0 Å². The summed E-state index contributed by atoms with van der Waals surface area (Å²) in [6, 6.07) is 0.912. The first-order valence-electron chi connectivity index (χ1n) is 6.09. The minimum Gasteiger partial charge on any atom is -0.377 e. The highest BCUT2D eigenvalue weighted by Gasteiger charge is 2.27. The van der Waals surface area contributed by atoms with Crippen molar-refractivity contribution >= 4 is 0 Å². The molecule has 0 aromatic heterocycles. The SMILES string of the molecule is CC(C)C(N)CCN(C)C1CCOC1C. The third kappa shape index (κ3) is 3.74. The average molecular weight is 214 g/mol. The molecule has 0 saturated carbocycles. The molecule has 2 N–H and O–H groups in total. The Balaban J connectivity index is 2.26. The highest BCUT2D eigenvalue weighted by molar-refractivity contribution is 4.81. The van der Waals surface area contributed by atoms with Crippen molar-refractivity contribution in [3.05, 3.63) is 0 Å². The lowest BCUT2D eigenvalue weighted by Gasteiger charge is -2.28. The van der Waals surface area contributed by atoms with E-state index in [9.17, 15) is 0 Å². The molecule has 1 aliphatic heterocycles. The molecule has 3 nitrogen and oxygen atoms in total. The van der Waals surface area contributed by atoms with Gasteiger partial charge in [0.1, 0.15) is 0 Å². The van der Waals surface area contributed by atoms with Gasteiger partial charge in [-0.25, -0.2) is 0 Å². The van der Waals surface area contributed by atoms with Crippen molar-refractivity contribution < 1.29 is 4.74 Å². The fourth-order valence-corrected chi connectivity index (χ4v) is 2.15. The van der Waals surface area contributed by atoms with Gasteiger partial charge < -0.3 is 15.4 Å². The number of nitrogens with zero attached hydrogens (tertiary/aromatic N) is 1. The first-order chi connectivity index (χ1) is 7.02. The molecule has 3 unspecified atom stereocenters. The number of nitrogens with two attached hydrogens (primary N) is 1.